The minimum absolute atomic E-state index is 0.0185. The molecule has 7 nitrogen and oxygen atoms in total. The number of benzene rings is 2. The Morgan fingerprint density at radius 3 is 2.49 bits per heavy atom. The number of alkyl halides is 3. The van der Waals surface area contributed by atoms with Gasteiger partial charge in [-0.3, -0.25) is 9.36 Å². The number of para-hydroxylation sites is 1. The third kappa shape index (κ3) is 4.82. The maximum atomic E-state index is 13.9. The molecule has 198 valence electrons. The molecule has 1 aliphatic heterocycles. The summed E-state index contributed by atoms with van der Waals surface area (Å²) in [5.41, 5.74) is -2.15. The second kappa shape index (κ2) is 10.2. The van der Waals surface area contributed by atoms with Crippen molar-refractivity contribution in [3.63, 3.8) is 0 Å². The van der Waals surface area contributed by atoms with Crippen LogP contribution in [0.5, 0.6) is 0 Å². The fraction of sp³-hybridized carbons (Fsp3) is 0.444. The second-order valence-corrected chi connectivity index (χ2v) is 9.46. The molecule has 37 heavy (non-hydrogen) atoms. The Labute approximate surface area is 212 Å². The predicted octanol–water partition coefficient (Wildman–Crippen LogP) is 4.45. The van der Waals surface area contributed by atoms with Crippen molar-refractivity contribution in [2.45, 2.75) is 58.8 Å². The van der Waals surface area contributed by atoms with Crippen molar-refractivity contribution in [1.29, 1.82) is 0 Å². The quantitative estimate of drug-likeness (QED) is 0.452. The first-order valence-electron chi connectivity index (χ1n) is 12.3. The number of halogens is 3. The van der Waals surface area contributed by atoms with Crippen molar-refractivity contribution in [1.82, 2.24) is 14.0 Å². The summed E-state index contributed by atoms with van der Waals surface area (Å²) < 4.78 is 48.8. The van der Waals surface area contributed by atoms with Crippen molar-refractivity contribution in [2.75, 3.05) is 20.2 Å². The monoisotopic (exact) mass is 517 g/mol. The van der Waals surface area contributed by atoms with Crippen molar-refractivity contribution >= 4 is 16.9 Å². The lowest BCUT2D eigenvalue weighted by Crippen LogP contribution is -2.41. The van der Waals surface area contributed by atoms with Crippen LogP contribution in [0, 0.1) is 13.8 Å². The average Bonchev–Trinajstić information content (AvgIpc) is 3.23. The van der Waals surface area contributed by atoms with Crippen LogP contribution >= 0.6 is 0 Å². The summed E-state index contributed by atoms with van der Waals surface area (Å²) in [5, 5.41) is 0.0185. The van der Waals surface area contributed by atoms with Gasteiger partial charge >= 0.3 is 17.8 Å². The van der Waals surface area contributed by atoms with E-state index in [4.69, 9.17) is 4.74 Å². The summed E-state index contributed by atoms with van der Waals surface area (Å²) in [6, 6.07) is 6.31. The Morgan fingerprint density at radius 2 is 1.86 bits per heavy atom. The molecule has 1 atom stereocenters. The van der Waals surface area contributed by atoms with Gasteiger partial charge in [-0.15, -0.1) is 0 Å². The Kier molecular flexibility index (Phi) is 7.32. The number of nitrogens with zero attached hydrogens (tertiary/aromatic N) is 3. The number of fused-ring (bicyclic) bond motifs is 1. The summed E-state index contributed by atoms with van der Waals surface area (Å²) in [4.78, 5) is 42.5. The molecule has 0 N–H and O–H groups in total. The van der Waals surface area contributed by atoms with Crippen LogP contribution in [0.2, 0.25) is 0 Å². The third-order valence-electron chi connectivity index (χ3n) is 7.17. The molecule has 0 amide bonds. The number of aryl methyl sites for hydroxylation is 3. The zero-order valence-corrected chi connectivity index (χ0v) is 21.3. The van der Waals surface area contributed by atoms with Gasteiger partial charge in [0.15, 0.2) is 0 Å². The molecule has 3 aromatic rings. The topological polar surface area (TPSA) is 73.5 Å². The van der Waals surface area contributed by atoms with Gasteiger partial charge in [-0.25, -0.2) is 14.2 Å². The fourth-order valence-corrected chi connectivity index (χ4v) is 5.34. The third-order valence-corrected chi connectivity index (χ3v) is 7.17. The maximum Gasteiger partial charge on any atom is 0.418 e. The van der Waals surface area contributed by atoms with Crippen molar-refractivity contribution in [3.8, 4) is 5.69 Å². The van der Waals surface area contributed by atoms with Gasteiger partial charge in [-0.1, -0.05) is 12.1 Å². The van der Waals surface area contributed by atoms with Crippen LogP contribution < -0.4 is 11.2 Å². The number of hydrogen-bond donors (Lipinski definition) is 0. The molecule has 1 fully saturated rings. The van der Waals surface area contributed by atoms with Gasteiger partial charge in [0.2, 0.25) is 0 Å². The summed E-state index contributed by atoms with van der Waals surface area (Å²) >= 11 is 0. The highest BCUT2D eigenvalue weighted by Crippen LogP contribution is 2.33. The van der Waals surface area contributed by atoms with Crippen LogP contribution in [-0.4, -0.2) is 46.2 Å². The molecule has 10 heteroatoms. The summed E-state index contributed by atoms with van der Waals surface area (Å²) in [6.07, 6.45) is -2.23. The number of rotatable bonds is 6. The van der Waals surface area contributed by atoms with Gasteiger partial charge in [-0.2, -0.15) is 13.2 Å². The van der Waals surface area contributed by atoms with E-state index in [-0.39, 0.29) is 35.7 Å². The highest BCUT2D eigenvalue weighted by molar-refractivity contribution is 5.99. The molecule has 1 unspecified atom stereocenters. The number of carbonyl (C=O) groups excluding carboxylic acids is 1. The van der Waals surface area contributed by atoms with Gasteiger partial charge in [0.1, 0.15) is 0 Å². The van der Waals surface area contributed by atoms with Gasteiger partial charge < -0.3 is 9.64 Å². The lowest BCUT2D eigenvalue weighted by atomic mass is 9.98. The summed E-state index contributed by atoms with van der Waals surface area (Å²) in [7, 11) is 2.00. The standard InChI is InChI=1S/C27H30F3N3O4/c1-5-37-25(35)22-16(2)15-21-23(17(22)3)24(34)33(20-11-7-6-10-19(20)27(28,29)30)26(36)32(21)14-12-18-9-8-13-31(18)4/h6-7,10-11,15,18H,5,8-9,12-14H2,1-4H3. The minimum Gasteiger partial charge on any atom is -0.462 e. The first kappa shape index (κ1) is 26.7. The summed E-state index contributed by atoms with van der Waals surface area (Å²) in [6.45, 7) is 6.15. The molecule has 0 saturated carbocycles. The van der Waals surface area contributed by atoms with E-state index in [1.165, 1.54) is 16.7 Å². The number of aromatic nitrogens is 2. The van der Waals surface area contributed by atoms with Crippen LogP contribution in [-0.2, 0) is 17.5 Å². The molecule has 2 heterocycles. The van der Waals surface area contributed by atoms with Crippen LogP contribution in [0.4, 0.5) is 13.2 Å². The fourth-order valence-electron chi connectivity index (χ4n) is 5.34. The molecule has 0 bridgehead atoms. The highest BCUT2D eigenvalue weighted by Gasteiger charge is 2.35. The maximum absolute atomic E-state index is 13.9. The van der Waals surface area contributed by atoms with Crippen LogP contribution in [0.3, 0.4) is 0 Å². The van der Waals surface area contributed by atoms with Crippen molar-refractivity contribution < 1.29 is 22.7 Å². The lowest BCUT2D eigenvalue weighted by molar-refractivity contribution is -0.137. The number of carbonyl (C=O) groups is 1. The van der Waals surface area contributed by atoms with Gasteiger partial charge in [-0.05, 0) is 83.0 Å². The van der Waals surface area contributed by atoms with Crippen LogP contribution in [0.25, 0.3) is 16.6 Å². The van der Waals surface area contributed by atoms with E-state index >= 15 is 0 Å². The molecule has 0 radical (unpaired) electrons. The molecule has 4 rings (SSSR count). The number of hydrogen-bond acceptors (Lipinski definition) is 5. The molecular weight excluding hydrogens is 487 g/mol. The van der Waals surface area contributed by atoms with E-state index in [1.54, 1.807) is 26.8 Å². The lowest BCUT2D eigenvalue weighted by Gasteiger charge is -2.22. The van der Waals surface area contributed by atoms with Gasteiger partial charge in [0.05, 0.1) is 34.3 Å². The number of esters is 1. The molecule has 0 spiro atoms. The van der Waals surface area contributed by atoms with E-state index < -0.39 is 34.6 Å². The van der Waals surface area contributed by atoms with Gasteiger partial charge in [0.25, 0.3) is 5.56 Å². The van der Waals surface area contributed by atoms with Crippen molar-refractivity contribution in [2.24, 2.45) is 0 Å². The minimum atomic E-state index is -4.78. The molecule has 1 saturated heterocycles. The largest absolute Gasteiger partial charge is 0.462 e. The van der Waals surface area contributed by atoms with E-state index in [2.05, 4.69) is 4.90 Å². The highest BCUT2D eigenvalue weighted by atomic mass is 19.4. The molecule has 2 aromatic carbocycles. The van der Waals surface area contributed by atoms with Gasteiger partial charge in [0, 0.05) is 12.6 Å². The van der Waals surface area contributed by atoms with Crippen molar-refractivity contribution in [3.05, 3.63) is 73.4 Å². The molecule has 1 aliphatic rings. The summed E-state index contributed by atoms with van der Waals surface area (Å²) in [5.74, 6) is -0.633. The molecule has 0 aliphatic carbocycles. The van der Waals surface area contributed by atoms with Crippen LogP contribution in [0.1, 0.15) is 53.2 Å². The van der Waals surface area contributed by atoms with E-state index in [0.717, 1.165) is 31.5 Å². The molecular formula is C27H30F3N3O4. The Morgan fingerprint density at radius 1 is 1.16 bits per heavy atom. The second-order valence-electron chi connectivity index (χ2n) is 9.46. The number of ether oxygens (including phenoxy) is 1. The first-order valence-corrected chi connectivity index (χ1v) is 12.3. The Balaban J connectivity index is 2.06. The molecule has 1 aromatic heterocycles. The van der Waals surface area contributed by atoms with E-state index in [1.807, 2.05) is 7.05 Å². The van der Waals surface area contributed by atoms with E-state index in [0.29, 0.717) is 22.1 Å². The van der Waals surface area contributed by atoms with E-state index in [9.17, 15) is 27.6 Å². The Bertz CT molecular complexity index is 1470. The predicted molar refractivity (Wildman–Crippen MR) is 135 cm³/mol. The number of likely N-dealkylation sites (tertiary alicyclic amines) is 1. The average molecular weight is 518 g/mol. The first-order chi connectivity index (χ1) is 17.5. The zero-order chi connectivity index (χ0) is 27.1. The SMILES string of the molecule is CCOC(=O)c1c(C)cc2c(c1C)c(=O)n(-c1ccccc1C(F)(F)F)c(=O)n2CCC1CCCN1C. The zero-order valence-electron chi connectivity index (χ0n) is 21.3. The van der Waals surface area contributed by atoms with Crippen LogP contribution in [0.15, 0.2) is 39.9 Å². The smallest absolute Gasteiger partial charge is 0.418 e. The normalized spacial score (nSPS) is 16.5. The Hall–Kier alpha value is -3.40.